The lowest BCUT2D eigenvalue weighted by atomic mass is 10.0. The molecule has 2 aliphatic heterocycles. The summed E-state index contributed by atoms with van der Waals surface area (Å²) in [6.45, 7) is 10.5. The van der Waals surface area contributed by atoms with Crippen molar-refractivity contribution in [1.82, 2.24) is 14.4 Å². The van der Waals surface area contributed by atoms with Crippen LogP contribution in [0.2, 0.25) is 0 Å². The van der Waals surface area contributed by atoms with Crippen LogP contribution in [0.25, 0.3) is 17.0 Å². The number of Topliss-reactive ketones (excluding diaryl/α,β-unsaturated/α-hetero) is 1. The molecule has 0 radical (unpaired) electrons. The van der Waals surface area contributed by atoms with E-state index < -0.39 is 0 Å². The predicted molar refractivity (Wildman–Crippen MR) is 133 cm³/mol. The molecule has 1 aromatic heterocycles. The maximum absolute atomic E-state index is 13.2. The standard InChI is InChI=1S/C27H31N3O4/c1-4-28-10-12-29(13-11-28)17-22-24(31)9-7-20-26(32)25(34-27(20)22)14-18-16-30(5-2)23-8-6-19(33-3)15-21(18)23/h6-9,14-16,31H,4-5,10-13,17H2,1-3H3/b25-14+. The molecule has 178 valence electrons. The number of ether oxygens (including phenoxy) is 2. The molecular formula is C27H31N3O4. The van der Waals surface area contributed by atoms with Crippen LogP contribution in [0, 0.1) is 0 Å². The Balaban J connectivity index is 1.47. The fourth-order valence-electron chi connectivity index (χ4n) is 4.89. The Kier molecular flexibility index (Phi) is 6.06. The van der Waals surface area contributed by atoms with Gasteiger partial charge in [-0.15, -0.1) is 0 Å². The van der Waals surface area contributed by atoms with E-state index in [1.54, 1.807) is 25.3 Å². The molecule has 0 spiro atoms. The summed E-state index contributed by atoms with van der Waals surface area (Å²) >= 11 is 0. The molecule has 0 amide bonds. The lowest BCUT2D eigenvalue weighted by Gasteiger charge is -2.34. The van der Waals surface area contributed by atoms with E-state index >= 15 is 0 Å². The maximum Gasteiger partial charge on any atom is 0.231 e. The van der Waals surface area contributed by atoms with Gasteiger partial charge in [-0.2, -0.15) is 0 Å². The smallest absolute Gasteiger partial charge is 0.231 e. The Labute approximate surface area is 199 Å². The number of phenols is 1. The van der Waals surface area contributed by atoms with Gasteiger partial charge in [-0.3, -0.25) is 9.69 Å². The average Bonchev–Trinajstić information content (AvgIpc) is 3.38. The number of piperazine rings is 1. The number of aryl methyl sites for hydroxylation is 1. The molecule has 1 N–H and O–H groups in total. The van der Waals surface area contributed by atoms with Crippen LogP contribution in [-0.4, -0.2) is 65.1 Å². The normalized spacial score (nSPS) is 18.0. The van der Waals surface area contributed by atoms with Gasteiger partial charge in [0.25, 0.3) is 0 Å². The molecule has 5 rings (SSSR count). The van der Waals surface area contributed by atoms with Crippen LogP contribution in [0.1, 0.15) is 35.3 Å². The molecule has 3 heterocycles. The minimum Gasteiger partial charge on any atom is -0.507 e. The van der Waals surface area contributed by atoms with Crippen molar-refractivity contribution in [3.05, 3.63) is 59.0 Å². The number of methoxy groups -OCH3 is 1. The highest BCUT2D eigenvalue weighted by atomic mass is 16.5. The lowest BCUT2D eigenvalue weighted by Crippen LogP contribution is -2.45. The molecular weight excluding hydrogens is 430 g/mol. The zero-order chi connectivity index (χ0) is 23.8. The van der Waals surface area contributed by atoms with Crippen LogP contribution >= 0.6 is 0 Å². The van der Waals surface area contributed by atoms with E-state index in [1.165, 1.54) is 0 Å². The highest BCUT2D eigenvalue weighted by Gasteiger charge is 2.32. The van der Waals surface area contributed by atoms with Crippen molar-refractivity contribution in [2.24, 2.45) is 0 Å². The number of hydrogen-bond acceptors (Lipinski definition) is 6. The van der Waals surface area contributed by atoms with E-state index in [1.807, 2.05) is 24.4 Å². The van der Waals surface area contributed by atoms with Crippen molar-refractivity contribution in [2.45, 2.75) is 26.9 Å². The first kappa shape index (κ1) is 22.5. The highest BCUT2D eigenvalue weighted by molar-refractivity contribution is 6.15. The molecule has 7 nitrogen and oxygen atoms in total. The van der Waals surface area contributed by atoms with Crippen LogP contribution in [0.4, 0.5) is 0 Å². The summed E-state index contributed by atoms with van der Waals surface area (Å²) in [5.74, 6) is 1.52. The Bertz CT molecular complexity index is 1270. The number of aromatic hydroxyl groups is 1. The number of allylic oxidation sites excluding steroid dienone is 1. The van der Waals surface area contributed by atoms with Crippen LogP contribution in [0.15, 0.2) is 42.3 Å². The Morgan fingerprint density at radius 1 is 1.06 bits per heavy atom. The van der Waals surface area contributed by atoms with E-state index in [9.17, 15) is 9.90 Å². The quantitative estimate of drug-likeness (QED) is 0.557. The molecule has 1 saturated heterocycles. The highest BCUT2D eigenvalue weighted by Crippen LogP contribution is 2.41. The van der Waals surface area contributed by atoms with Crippen molar-refractivity contribution in [3.63, 3.8) is 0 Å². The van der Waals surface area contributed by atoms with Crippen LogP contribution in [0.3, 0.4) is 0 Å². The maximum atomic E-state index is 13.2. The van der Waals surface area contributed by atoms with E-state index in [4.69, 9.17) is 9.47 Å². The Morgan fingerprint density at radius 2 is 1.82 bits per heavy atom. The van der Waals surface area contributed by atoms with E-state index in [0.29, 0.717) is 23.4 Å². The van der Waals surface area contributed by atoms with Gasteiger partial charge in [-0.25, -0.2) is 0 Å². The van der Waals surface area contributed by atoms with Gasteiger partial charge in [0, 0.05) is 61.9 Å². The van der Waals surface area contributed by atoms with E-state index in [0.717, 1.165) is 61.5 Å². The summed E-state index contributed by atoms with van der Waals surface area (Å²) in [7, 11) is 1.65. The van der Waals surface area contributed by atoms with Crippen LogP contribution in [0.5, 0.6) is 17.2 Å². The van der Waals surface area contributed by atoms with Crippen LogP contribution in [-0.2, 0) is 13.1 Å². The van der Waals surface area contributed by atoms with Crippen molar-refractivity contribution >= 4 is 22.8 Å². The predicted octanol–water partition coefficient (Wildman–Crippen LogP) is 4.13. The number of rotatable bonds is 6. The number of carbonyl (C=O) groups is 1. The number of benzene rings is 2. The summed E-state index contributed by atoms with van der Waals surface area (Å²) < 4.78 is 13.7. The van der Waals surface area contributed by atoms with Gasteiger partial charge in [0.1, 0.15) is 17.2 Å². The molecule has 2 aliphatic rings. The zero-order valence-corrected chi connectivity index (χ0v) is 20.0. The van der Waals surface area contributed by atoms with Gasteiger partial charge < -0.3 is 24.0 Å². The molecule has 3 aromatic rings. The number of nitrogens with zero attached hydrogens (tertiary/aromatic N) is 3. The van der Waals surface area contributed by atoms with E-state index in [2.05, 4.69) is 28.2 Å². The minimum atomic E-state index is -0.160. The fourth-order valence-corrected chi connectivity index (χ4v) is 4.89. The number of ketones is 1. The lowest BCUT2D eigenvalue weighted by molar-refractivity contribution is 0.101. The number of phenolic OH excluding ortho intramolecular Hbond substituents is 1. The molecule has 0 atom stereocenters. The minimum absolute atomic E-state index is 0.160. The van der Waals surface area contributed by atoms with Crippen molar-refractivity contribution < 1.29 is 19.4 Å². The van der Waals surface area contributed by atoms with Crippen molar-refractivity contribution in [1.29, 1.82) is 0 Å². The number of aromatic nitrogens is 1. The third-order valence-electron chi connectivity index (χ3n) is 6.96. The molecule has 1 fully saturated rings. The van der Waals surface area contributed by atoms with Gasteiger partial charge in [0.05, 0.1) is 18.2 Å². The van der Waals surface area contributed by atoms with Crippen LogP contribution < -0.4 is 9.47 Å². The molecule has 7 heteroatoms. The zero-order valence-electron chi connectivity index (χ0n) is 20.0. The van der Waals surface area contributed by atoms with Gasteiger partial charge in [-0.1, -0.05) is 6.92 Å². The molecule has 2 aromatic carbocycles. The van der Waals surface area contributed by atoms with E-state index in [-0.39, 0.29) is 17.3 Å². The second kappa shape index (κ2) is 9.16. The van der Waals surface area contributed by atoms with Gasteiger partial charge >= 0.3 is 0 Å². The Morgan fingerprint density at radius 3 is 2.53 bits per heavy atom. The molecule has 0 unspecified atom stereocenters. The number of carbonyl (C=O) groups excluding carboxylic acids is 1. The molecule has 0 aliphatic carbocycles. The summed E-state index contributed by atoms with van der Waals surface area (Å²) in [6.07, 6.45) is 3.83. The topological polar surface area (TPSA) is 67.2 Å². The largest absolute Gasteiger partial charge is 0.507 e. The number of fused-ring (bicyclic) bond motifs is 2. The van der Waals surface area contributed by atoms with Crippen molar-refractivity contribution in [3.8, 4) is 17.2 Å². The van der Waals surface area contributed by atoms with Crippen molar-refractivity contribution in [2.75, 3.05) is 39.8 Å². The average molecular weight is 462 g/mol. The first-order chi connectivity index (χ1) is 16.5. The summed E-state index contributed by atoms with van der Waals surface area (Å²) in [5, 5.41) is 11.6. The molecule has 0 saturated carbocycles. The van der Waals surface area contributed by atoms with Gasteiger partial charge in [-0.05, 0) is 49.9 Å². The SMILES string of the molecule is CCN1CCN(Cc2c(O)ccc3c2O/C(=C/c2cn(CC)c4ccc(OC)cc24)C3=O)CC1. The first-order valence-electron chi connectivity index (χ1n) is 11.9. The third kappa shape index (κ3) is 3.95. The van der Waals surface area contributed by atoms with Gasteiger partial charge in [0.2, 0.25) is 5.78 Å². The van der Waals surface area contributed by atoms with Gasteiger partial charge in [0.15, 0.2) is 5.76 Å². The first-order valence-corrected chi connectivity index (χ1v) is 11.9. The molecule has 34 heavy (non-hydrogen) atoms. The monoisotopic (exact) mass is 461 g/mol. The summed E-state index contributed by atoms with van der Waals surface area (Å²) in [4.78, 5) is 18.0. The number of hydrogen-bond donors (Lipinski definition) is 1. The second-order valence-electron chi connectivity index (χ2n) is 8.84. The number of likely N-dealkylation sites (N-methyl/N-ethyl adjacent to an activating group) is 1. The second-order valence-corrected chi connectivity index (χ2v) is 8.84. The Hall–Kier alpha value is -3.29. The summed E-state index contributed by atoms with van der Waals surface area (Å²) in [6, 6.07) is 9.21. The summed E-state index contributed by atoms with van der Waals surface area (Å²) in [5.41, 5.74) is 3.15. The fraction of sp³-hybridized carbons (Fsp3) is 0.370. The third-order valence-corrected chi connectivity index (χ3v) is 6.96. The molecule has 0 bridgehead atoms.